The van der Waals surface area contributed by atoms with Gasteiger partial charge in [0.2, 0.25) is 5.91 Å². The number of rotatable bonds is 5. The van der Waals surface area contributed by atoms with Crippen molar-refractivity contribution in [3.8, 4) is 0 Å². The van der Waals surface area contributed by atoms with Crippen molar-refractivity contribution in [1.29, 1.82) is 0 Å². The van der Waals surface area contributed by atoms with Gasteiger partial charge in [-0.1, -0.05) is 13.3 Å². The third kappa shape index (κ3) is 7.22. The monoisotopic (exact) mass is 165 g/mol. The molecule has 0 spiro atoms. The number of hydrogen-bond acceptors (Lipinski definition) is 1. The zero-order chi connectivity index (χ0) is 8.69. The van der Waals surface area contributed by atoms with Gasteiger partial charge < -0.3 is 5.32 Å². The van der Waals surface area contributed by atoms with Gasteiger partial charge in [-0.15, -0.1) is 0 Å². The maximum atomic E-state index is 11.5. The number of nitrogens with one attached hydrogen (secondary N) is 1. The molecule has 0 aromatic rings. The second-order valence-electron chi connectivity index (χ2n) is 2.30. The van der Waals surface area contributed by atoms with Crippen LogP contribution in [-0.2, 0) is 4.79 Å². The lowest BCUT2D eigenvalue weighted by molar-refractivity contribution is -0.121. The molecule has 0 bridgehead atoms. The van der Waals surface area contributed by atoms with E-state index in [-0.39, 0.29) is 5.91 Å². The van der Waals surface area contributed by atoms with E-state index in [1.54, 1.807) is 0 Å². The molecule has 0 aromatic carbocycles. The lowest BCUT2D eigenvalue weighted by Crippen LogP contribution is -2.28. The number of alkyl halides is 2. The van der Waals surface area contributed by atoms with E-state index in [2.05, 4.69) is 5.32 Å². The summed E-state index contributed by atoms with van der Waals surface area (Å²) in [6, 6.07) is 0. The lowest BCUT2D eigenvalue weighted by atomic mass is 10.2. The zero-order valence-electron chi connectivity index (χ0n) is 6.57. The Morgan fingerprint density at radius 1 is 1.55 bits per heavy atom. The van der Waals surface area contributed by atoms with E-state index < -0.39 is 13.0 Å². The van der Waals surface area contributed by atoms with Crippen molar-refractivity contribution in [3.05, 3.63) is 0 Å². The Labute approximate surface area is 65.0 Å². The van der Waals surface area contributed by atoms with Crippen molar-refractivity contribution in [2.75, 3.05) is 6.54 Å². The summed E-state index contributed by atoms with van der Waals surface area (Å²) in [7, 11) is 0. The van der Waals surface area contributed by atoms with Crippen LogP contribution in [0.4, 0.5) is 8.78 Å². The smallest absolute Gasteiger partial charge is 0.255 e. The molecule has 0 rings (SSSR count). The molecule has 0 aliphatic heterocycles. The summed E-state index contributed by atoms with van der Waals surface area (Å²) in [6.45, 7) is 1.42. The Bertz CT molecular complexity index is 117. The van der Waals surface area contributed by atoms with E-state index in [0.717, 1.165) is 12.8 Å². The van der Waals surface area contributed by atoms with Crippen LogP contribution in [0, 0.1) is 0 Å². The second kappa shape index (κ2) is 6.07. The normalized spacial score (nSPS) is 10.2. The molecule has 0 heterocycles. The van der Waals surface area contributed by atoms with Crippen molar-refractivity contribution in [1.82, 2.24) is 5.32 Å². The van der Waals surface area contributed by atoms with Crippen LogP contribution in [0.3, 0.4) is 0 Å². The molecular weight excluding hydrogens is 152 g/mol. The Balaban J connectivity index is 3.23. The molecule has 0 saturated carbocycles. The first-order valence-electron chi connectivity index (χ1n) is 3.71. The van der Waals surface area contributed by atoms with Crippen LogP contribution in [0.2, 0.25) is 0 Å². The molecule has 4 heteroatoms. The maximum Gasteiger partial charge on any atom is 0.255 e. The van der Waals surface area contributed by atoms with Gasteiger partial charge >= 0.3 is 0 Å². The molecule has 0 saturated heterocycles. The summed E-state index contributed by atoms with van der Waals surface area (Å²) in [4.78, 5) is 10.7. The predicted octanol–water partition coefficient (Wildman–Crippen LogP) is 1.56. The van der Waals surface area contributed by atoms with Crippen molar-refractivity contribution in [2.24, 2.45) is 0 Å². The summed E-state index contributed by atoms with van der Waals surface area (Å²) in [6.07, 6.45) is -0.430. The van der Waals surface area contributed by atoms with E-state index in [0.29, 0.717) is 6.42 Å². The highest BCUT2D eigenvalue weighted by atomic mass is 19.3. The number of carbonyl (C=O) groups is 1. The van der Waals surface area contributed by atoms with E-state index in [1.165, 1.54) is 0 Å². The van der Waals surface area contributed by atoms with Crippen LogP contribution in [0.25, 0.3) is 0 Å². The van der Waals surface area contributed by atoms with Crippen LogP contribution in [0.15, 0.2) is 0 Å². The largest absolute Gasteiger partial charge is 0.350 e. The van der Waals surface area contributed by atoms with Gasteiger partial charge in [0.05, 0.1) is 6.54 Å². The summed E-state index contributed by atoms with van der Waals surface area (Å²) >= 11 is 0. The molecule has 0 aromatic heterocycles. The first-order valence-corrected chi connectivity index (χ1v) is 3.71. The Kier molecular flexibility index (Phi) is 5.70. The van der Waals surface area contributed by atoms with Gasteiger partial charge in [-0.3, -0.25) is 4.79 Å². The summed E-state index contributed by atoms with van der Waals surface area (Å²) in [5.41, 5.74) is 0. The summed E-state index contributed by atoms with van der Waals surface area (Å²) < 4.78 is 23.0. The summed E-state index contributed by atoms with van der Waals surface area (Å²) in [5.74, 6) is -0.285. The minimum Gasteiger partial charge on any atom is -0.350 e. The SMILES string of the molecule is CCCCC(=O)NCC(F)F. The van der Waals surface area contributed by atoms with Crippen molar-refractivity contribution in [3.63, 3.8) is 0 Å². The zero-order valence-corrected chi connectivity index (χ0v) is 6.57. The lowest BCUT2D eigenvalue weighted by Gasteiger charge is -2.02. The molecule has 0 radical (unpaired) electrons. The fourth-order valence-electron chi connectivity index (χ4n) is 0.617. The number of halogens is 2. The highest BCUT2D eigenvalue weighted by Gasteiger charge is 2.04. The van der Waals surface area contributed by atoms with Gasteiger partial charge in [0, 0.05) is 6.42 Å². The van der Waals surface area contributed by atoms with E-state index in [4.69, 9.17) is 0 Å². The van der Waals surface area contributed by atoms with Crippen molar-refractivity contribution in [2.45, 2.75) is 32.6 Å². The highest BCUT2D eigenvalue weighted by molar-refractivity contribution is 5.75. The van der Waals surface area contributed by atoms with Crippen molar-refractivity contribution < 1.29 is 13.6 Å². The topological polar surface area (TPSA) is 29.1 Å². The third-order valence-corrected chi connectivity index (χ3v) is 1.21. The number of carbonyl (C=O) groups excluding carboxylic acids is 1. The van der Waals surface area contributed by atoms with Gasteiger partial charge in [-0.25, -0.2) is 8.78 Å². The molecule has 2 nitrogen and oxygen atoms in total. The molecule has 0 aliphatic carbocycles. The first kappa shape index (κ1) is 10.3. The number of unbranched alkanes of at least 4 members (excludes halogenated alkanes) is 1. The van der Waals surface area contributed by atoms with Gasteiger partial charge in [0.25, 0.3) is 6.43 Å². The first-order chi connectivity index (χ1) is 5.16. The second-order valence-corrected chi connectivity index (χ2v) is 2.30. The van der Waals surface area contributed by atoms with Gasteiger partial charge in [-0.05, 0) is 6.42 Å². The summed E-state index contributed by atoms with van der Waals surface area (Å²) in [5, 5.41) is 2.13. The van der Waals surface area contributed by atoms with Crippen LogP contribution in [0.5, 0.6) is 0 Å². The minimum absolute atomic E-state index is 0.285. The minimum atomic E-state index is -2.44. The average molecular weight is 165 g/mol. The molecule has 0 unspecified atom stereocenters. The van der Waals surface area contributed by atoms with Crippen LogP contribution in [0.1, 0.15) is 26.2 Å². The molecule has 0 fully saturated rings. The van der Waals surface area contributed by atoms with Crippen LogP contribution >= 0.6 is 0 Å². The predicted molar refractivity (Wildman–Crippen MR) is 38.5 cm³/mol. The van der Waals surface area contributed by atoms with Gasteiger partial charge in [-0.2, -0.15) is 0 Å². The van der Waals surface area contributed by atoms with Gasteiger partial charge in [0.1, 0.15) is 0 Å². The Hall–Kier alpha value is -0.670. The molecule has 1 N–H and O–H groups in total. The quantitative estimate of drug-likeness (QED) is 0.658. The Morgan fingerprint density at radius 3 is 2.64 bits per heavy atom. The van der Waals surface area contributed by atoms with Crippen LogP contribution < -0.4 is 5.32 Å². The van der Waals surface area contributed by atoms with Gasteiger partial charge in [0.15, 0.2) is 0 Å². The number of hydrogen-bond donors (Lipinski definition) is 1. The maximum absolute atomic E-state index is 11.5. The standard InChI is InChI=1S/C7H13F2NO/c1-2-3-4-7(11)10-5-6(8)9/h6H,2-5H2,1H3,(H,10,11). The van der Waals surface area contributed by atoms with Crippen LogP contribution in [-0.4, -0.2) is 18.9 Å². The molecule has 0 aliphatic rings. The fraction of sp³-hybridized carbons (Fsp3) is 0.857. The molecule has 66 valence electrons. The van der Waals surface area contributed by atoms with E-state index >= 15 is 0 Å². The number of amides is 1. The van der Waals surface area contributed by atoms with E-state index in [9.17, 15) is 13.6 Å². The van der Waals surface area contributed by atoms with Crippen molar-refractivity contribution >= 4 is 5.91 Å². The molecule has 1 amide bonds. The average Bonchev–Trinajstić information content (AvgIpc) is 1.97. The highest BCUT2D eigenvalue weighted by Crippen LogP contribution is 1.94. The molecule has 11 heavy (non-hydrogen) atoms. The molecule has 0 atom stereocenters. The third-order valence-electron chi connectivity index (χ3n) is 1.21. The van der Waals surface area contributed by atoms with E-state index in [1.807, 2.05) is 6.92 Å². The Morgan fingerprint density at radius 2 is 2.18 bits per heavy atom. The molecular formula is C7H13F2NO. The fourth-order valence-corrected chi connectivity index (χ4v) is 0.617.